The van der Waals surface area contributed by atoms with Crippen LogP contribution in [0.3, 0.4) is 0 Å². The molecule has 0 saturated carbocycles. The Bertz CT molecular complexity index is 682. The molecule has 3 rings (SSSR count). The van der Waals surface area contributed by atoms with E-state index in [4.69, 9.17) is 11.6 Å². The molecule has 0 atom stereocenters. The zero-order valence-electron chi connectivity index (χ0n) is 13.1. The van der Waals surface area contributed by atoms with Crippen molar-refractivity contribution in [2.45, 2.75) is 0 Å². The van der Waals surface area contributed by atoms with Crippen LogP contribution >= 0.6 is 11.6 Å². The van der Waals surface area contributed by atoms with E-state index in [-0.39, 0.29) is 5.91 Å². The van der Waals surface area contributed by atoms with Crippen LogP contribution in [0, 0.1) is 0 Å². The van der Waals surface area contributed by atoms with Gasteiger partial charge in [-0.25, -0.2) is 0 Å². The third-order valence-corrected chi connectivity index (χ3v) is 4.39. The van der Waals surface area contributed by atoms with Crippen LogP contribution < -0.4 is 10.2 Å². The summed E-state index contributed by atoms with van der Waals surface area (Å²) in [5.41, 5.74) is 2.37. The van der Waals surface area contributed by atoms with Gasteiger partial charge in [-0.15, -0.1) is 0 Å². The molecule has 5 heteroatoms. The minimum Gasteiger partial charge on any atom is -0.368 e. The van der Waals surface area contributed by atoms with Gasteiger partial charge in [-0.3, -0.25) is 4.79 Å². The first kappa shape index (κ1) is 15.8. The molecule has 0 radical (unpaired) electrons. The van der Waals surface area contributed by atoms with Crippen LogP contribution in [0.2, 0.25) is 5.02 Å². The second kappa shape index (κ2) is 7.02. The highest BCUT2D eigenvalue weighted by Crippen LogP contribution is 2.29. The molecule has 1 amide bonds. The maximum atomic E-state index is 12.2. The van der Waals surface area contributed by atoms with Crippen LogP contribution in [0.15, 0.2) is 48.5 Å². The minimum absolute atomic E-state index is 0.131. The zero-order chi connectivity index (χ0) is 16.2. The molecule has 1 N–H and O–H groups in total. The van der Waals surface area contributed by atoms with Gasteiger partial charge in [0.15, 0.2) is 0 Å². The van der Waals surface area contributed by atoms with E-state index in [0.717, 1.165) is 31.9 Å². The van der Waals surface area contributed by atoms with Crippen molar-refractivity contribution in [3.8, 4) is 0 Å². The second-order valence-corrected chi connectivity index (χ2v) is 6.18. The van der Waals surface area contributed by atoms with Gasteiger partial charge in [0.1, 0.15) is 0 Å². The van der Waals surface area contributed by atoms with E-state index >= 15 is 0 Å². The Balaban J connectivity index is 1.71. The van der Waals surface area contributed by atoms with Gasteiger partial charge in [0.05, 0.1) is 10.7 Å². The highest BCUT2D eigenvalue weighted by Gasteiger charge is 2.17. The minimum atomic E-state index is -0.131. The van der Waals surface area contributed by atoms with Crippen molar-refractivity contribution >= 4 is 28.9 Å². The van der Waals surface area contributed by atoms with Crippen molar-refractivity contribution in [1.29, 1.82) is 0 Å². The molecular weight excluding hydrogens is 310 g/mol. The number of halogens is 1. The lowest BCUT2D eigenvalue weighted by atomic mass is 10.2. The van der Waals surface area contributed by atoms with Gasteiger partial charge < -0.3 is 15.1 Å². The van der Waals surface area contributed by atoms with Crippen LogP contribution in [0.1, 0.15) is 10.4 Å². The van der Waals surface area contributed by atoms with E-state index in [0.29, 0.717) is 16.3 Å². The summed E-state index contributed by atoms with van der Waals surface area (Å²) in [4.78, 5) is 16.8. The van der Waals surface area contributed by atoms with Gasteiger partial charge in [-0.05, 0) is 37.4 Å². The Kier molecular flexibility index (Phi) is 4.84. The van der Waals surface area contributed by atoms with Crippen molar-refractivity contribution in [1.82, 2.24) is 4.90 Å². The van der Waals surface area contributed by atoms with Crippen LogP contribution in [0.5, 0.6) is 0 Å². The number of carbonyl (C=O) groups excluding carboxylic acids is 1. The first-order valence-electron chi connectivity index (χ1n) is 7.73. The van der Waals surface area contributed by atoms with Crippen molar-refractivity contribution in [2.24, 2.45) is 0 Å². The Morgan fingerprint density at radius 2 is 1.74 bits per heavy atom. The predicted molar refractivity (Wildman–Crippen MR) is 95.6 cm³/mol. The van der Waals surface area contributed by atoms with Crippen molar-refractivity contribution < 1.29 is 4.79 Å². The Morgan fingerprint density at radius 3 is 2.39 bits per heavy atom. The number of anilines is 2. The third-order valence-electron chi connectivity index (χ3n) is 4.09. The molecule has 2 aromatic rings. The van der Waals surface area contributed by atoms with Crippen molar-refractivity contribution in [3.63, 3.8) is 0 Å². The lowest BCUT2D eigenvalue weighted by Gasteiger charge is -2.34. The number of carbonyl (C=O) groups is 1. The quantitative estimate of drug-likeness (QED) is 0.938. The van der Waals surface area contributed by atoms with Gasteiger partial charge in [0.2, 0.25) is 0 Å². The van der Waals surface area contributed by atoms with E-state index in [2.05, 4.69) is 22.2 Å². The maximum Gasteiger partial charge on any atom is 0.255 e. The Hall–Kier alpha value is -2.04. The van der Waals surface area contributed by atoms with E-state index in [1.54, 1.807) is 12.1 Å². The monoisotopic (exact) mass is 329 g/mol. The molecule has 0 aromatic heterocycles. The van der Waals surface area contributed by atoms with E-state index < -0.39 is 0 Å². The third kappa shape index (κ3) is 3.84. The van der Waals surface area contributed by atoms with Crippen molar-refractivity contribution in [3.05, 3.63) is 59.1 Å². The normalized spacial score (nSPS) is 15.5. The number of nitrogens with one attached hydrogen (secondary N) is 1. The Labute approximate surface area is 141 Å². The molecule has 120 valence electrons. The summed E-state index contributed by atoms with van der Waals surface area (Å²) >= 11 is 6.42. The number of rotatable bonds is 3. The number of amides is 1. The fourth-order valence-electron chi connectivity index (χ4n) is 2.68. The molecule has 0 bridgehead atoms. The summed E-state index contributed by atoms with van der Waals surface area (Å²) in [6.07, 6.45) is 0. The molecule has 0 spiro atoms. The molecule has 1 aliphatic heterocycles. The molecule has 2 aromatic carbocycles. The van der Waals surface area contributed by atoms with Gasteiger partial charge in [0, 0.05) is 37.4 Å². The molecule has 0 unspecified atom stereocenters. The lowest BCUT2D eigenvalue weighted by Crippen LogP contribution is -2.44. The van der Waals surface area contributed by atoms with Crippen LogP contribution in [-0.2, 0) is 0 Å². The van der Waals surface area contributed by atoms with Crippen LogP contribution in [-0.4, -0.2) is 44.0 Å². The molecule has 4 nitrogen and oxygen atoms in total. The summed E-state index contributed by atoms with van der Waals surface area (Å²) in [7, 11) is 2.13. The number of benzene rings is 2. The number of piperazine rings is 1. The summed E-state index contributed by atoms with van der Waals surface area (Å²) in [5.74, 6) is -0.131. The van der Waals surface area contributed by atoms with E-state index in [1.807, 2.05) is 36.4 Å². The average molecular weight is 330 g/mol. The SMILES string of the molecule is CN1CCN(c2ccc(NC(=O)c3ccccc3)cc2Cl)CC1. The fourth-order valence-corrected chi connectivity index (χ4v) is 2.98. The molecule has 1 heterocycles. The lowest BCUT2D eigenvalue weighted by molar-refractivity contribution is 0.102. The smallest absolute Gasteiger partial charge is 0.255 e. The fraction of sp³-hybridized carbons (Fsp3) is 0.278. The first-order valence-corrected chi connectivity index (χ1v) is 8.11. The molecule has 23 heavy (non-hydrogen) atoms. The summed E-state index contributed by atoms with van der Waals surface area (Å²) < 4.78 is 0. The summed E-state index contributed by atoms with van der Waals surface area (Å²) in [6.45, 7) is 3.99. The van der Waals surface area contributed by atoms with Gasteiger partial charge in [-0.2, -0.15) is 0 Å². The van der Waals surface area contributed by atoms with Gasteiger partial charge in [0.25, 0.3) is 5.91 Å². The topological polar surface area (TPSA) is 35.6 Å². The van der Waals surface area contributed by atoms with E-state index in [1.165, 1.54) is 0 Å². The average Bonchev–Trinajstić information content (AvgIpc) is 2.57. The Morgan fingerprint density at radius 1 is 1.04 bits per heavy atom. The highest BCUT2D eigenvalue weighted by molar-refractivity contribution is 6.33. The van der Waals surface area contributed by atoms with Crippen LogP contribution in [0.25, 0.3) is 0 Å². The molecular formula is C18H20ClN3O. The number of nitrogens with zero attached hydrogens (tertiary/aromatic N) is 2. The molecule has 1 fully saturated rings. The number of likely N-dealkylation sites (N-methyl/N-ethyl adjacent to an activating group) is 1. The predicted octanol–water partition coefficient (Wildman–Crippen LogP) is 3.34. The standard InChI is InChI=1S/C18H20ClN3O/c1-21-9-11-22(12-10-21)17-8-7-15(13-16(17)19)20-18(23)14-5-3-2-4-6-14/h2-8,13H,9-12H2,1H3,(H,20,23). The molecule has 1 saturated heterocycles. The molecule has 1 aliphatic rings. The summed E-state index contributed by atoms with van der Waals surface area (Å²) in [6, 6.07) is 14.9. The van der Waals surface area contributed by atoms with Gasteiger partial charge in [-0.1, -0.05) is 29.8 Å². The van der Waals surface area contributed by atoms with E-state index in [9.17, 15) is 4.79 Å². The summed E-state index contributed by atoms with van der Waals surface area (Å²) in [5, 5.41) is 3.55. The second-order valence-electron chi connectivity index (χ2n) is 5.78. The zero-order valence-corrected chi connectivity index (χ0v) is 13.9. The largest absolute Gasteiger partial charge is 0.368 e. The number of hydrogen-bond acceptors (Lipinski definition) is 3. The van der Waals surface area contributed by atoms with Crippen LogP contribution in [0.4, 0.5) is 11.4 Å². The first-order chi connectivity index (χ1) is 11.1. The van der Waals surface area contributed by atoms with Crippen molar-refractivity contribution in [2.75, 3.05) is 43.4 Å². The maximum absolute atomic E-state index is 12.2. The van der Waals surface area contributed by atoms with Gasteiger partial charge >= 0.3 is 0 Å². The molecule has 0 aliphatic carbocycles. The highest BCUT2D eigenvalue weighted by atomic mass is 35.5. The number of hydrogen-bond donors (Lipinski definition) is 1.